The van der Waals surface area contributed by atoms with Crippen molar-refractivity contribution in [3.63, 3.8) is 0 Å². The summed E-state index contributed by atoms with van der Waals surface area (Å²) in [6.45, 7) is 0. The molecule has 0 atom stereocenters. The monoisotopic (exact) mass is 736 g/mol. The summed E-state index contributed by atoms with van der Waals surface area (Å²) in [6.07, 6.45) is 0. The van der Waals surface area contributed by atoms with Crippen LogP contribution in [-0.2, 0) is 0 Å². The van der Waals surface area contributed by atoms with Crippen LogP contribution in [0.4, 0.5) is 0 Å². The quantitative estimate of drug-likeness (QED) is 0.169. The van der Waals surface area contributed by atoms with Crippen LogP contribution in [-0.4, -0.2) is 0 Å². The fraction of sp³-hybridized carbons (Fsp3) is 0. The summed E-state index contributed by atoms with van der Waals surface area (Å²) in [4.78, 5) is 0. The molecule has 268 valence electrons. The van der Waals surface area contributed by atoms with Gasteiger partial charge in [0.05, 0.1) is 0 Å². The highest BCUT2D eigenvalue weighted by Gasteiger charge is 2.19. The number of hydrogen-bond acceptors (Lipinski definition) is 2. The largest absolute Gasteiger partial charge is 0.456 e. The van der Waals surface area contributed by atoms with Crippen LogP contribution in [0.3, 0.4) is 0 Å². The summed E-state index contributed by atoms with van der Waals surface area (Å²) in [6, 6.07) is 70.6. The minimum absolute atomic E-state index is 0.833. The summed E-state index contributed by atoms with van der Waals surface area (Å²) >= 11 is 0. The van der Waals surface area contributed by atoms with Crippen LogP contribution in [0.1, 0.15) is 0 Å². The molecular formula is C56H32O2. The summed E-state index contributed by atoms with van der Waals surface area (Å²) in [5.74, 6) is 0. The third-order valence-corrected chi connectivity index (χ3v) is 12.4. The standard InChI is InChI=1S/C56H32O2/c1-3-13-40-33(10-1)12-9-19-42(40)55-45-17-7-5-15-43(45)54(44-16-6-8-18-46(44)55)39-23-22-35-28-36(20-21-37(35)29-39)38-25-26-50-47(30-38)48-31-49-53(32-52(48)57-50)58-51-27-24-34-11-2-4-14-41(34)56(49)51/h1-32H. The van der Waals surface area contributed by atoms with Crippen LogP contribution in [0.15, 0.2) is 203 Å². The van der Waals surface area contributed by atoms with E-state index < -0.39 is 0 Å². The summed E-state index contributed by atoms with van der Waals surface area (Å²) in [5.41, 5.74) is 10.8. The number of hydrogen-bond donors (Lipinski definition) is 0. The van der Waals surface area contributed by atoms with Gasteiger partial charge in [-0.1, -0.05) is 152 Å². The first-order valence-electron chi connectivity index (χ1n) is 19.9. The van der Waals surface area contributed by atoms with Crippen molar-refractivity contribution in [1.29, 1.82) is 0 Å². The SMILES string of the molecule is c1ccc2c(-c3c4ccccc4c(-c4ccc5cc(-c6ccc7oc8cc9oc%10ccc%11ccccc%11c%10c9cc8c7c6)ccc5c4)c4ccccc34)cccc2c1. The molecule has 13 rings (SSSR count). The van der Waals surface area contributed by atoms with Gasteiger partial charge < -0.3 is 8.83 Å². The molecule has 13 aromatic rings. The fourth-order valence-electron chi connectivity index (χ4n) is 9.75. The zero-order chi connectivity index (χ0) is 37.9. The van der Waals surface area contributed by atoms with E-state index in [0.29, 0.717) is 0 Å². The van der Waals surface area contributed by atoms with Crippen LogP contribution < -0.4 is 0 Å². The number of benzene rings is 11. The molecule has 0 saturated carbocycles. The van der Waals surface area contributed by atoms with Crippen LogP contribution >= 0.6 is 0 Å². The molecule has 0 amide bonds. The Balaban J connectivity index is 0.946. The molecular weight excluding hydrogens is 705 g/mol. The van der Waals surface area contributed by atoms with Crippen molar-refractivity contribution in [2.45, 2.75) is 0 Å². The Hall–Kier alpha value is -7.68. The van der Waals surface area contributed by atoms with Gasteiger partial charge >= 0.3 is 0 Å². The van der Waals surface area contributed by atoms with Gasteiger partial charge in [-0.2, -0.15) is 0 Å². The van der Waals surface area contributed by atoms with Gasteiger partial charge in [0, 0.05) is 27.6 Å². The molecule has 0 aliphatic rings. The summed E-state index contributed by atoms with van der Waals surface area (Å²) < 4.78 is 12.8. The topological polar surface area (TPSA) is 26.3 Å². The van der Waals surface area contributed by atoms with E-state index in [-0.39, 0.29) is 0 Å². The predicted octanol–water partition coefficient (Wildman–Crippen LogP) is 16.3. The van der Waals surface area contributed by atoms with Crippen molar-refractivity contribution in [2.75, 3.05) is 0 Å². The molecule has 0 saturated heterocycles. The molecule has 2 aromatic heterocycles. The lowest BCUT2D eigenvalue weighted by atomic mass is 9.84. The molecule has 0 radical (unpaired) electrons. The normalized spacial score (nSPS) is 12.1. The Labute approximate surface area is 332 Å². The highest BCUT2D eigenvalue weighted by atomic mass is 16.3. The molecule has 11 aromatic carbocycles. The molecule has 0 unspecified atom stereocenters. The van der Waals surface area contributed by atoms with Crippen LogP contribution in [0.25, 0.3) is 131 Å². The minimum Gasteiger partial charge on any atom is -0.456 e. The van der Waals surface area contributed by atoms with E-state index in [1.165, 1.54) is 81.7 Å². The van der Waals surface area contributed by atoms with E-state index in [0.717, 1.165) is 49.4 Å². The zero-order valence-corrected chi connectivity index (χ0v) is 31.3. The van der Waals surface area contributed by atoms with Gasteiger partial charge in [-0.15, -0.1) is 0 Å². The van der Waals surface area contributed by atoms with Crippen molar-refractivity contribution in [3.05, 3.63) is 194 Å². The second-order valence-corrected chi connectivity index (χ2v) is 15.6. The van der Waals surface area contributed by atoms with E-state index in [4.69, 9.17) is 8.83 Å². The Morgan fingerprint density at radius 3 is 1.50 bits per heavy atom. The lowest BCUT2D eigenvalue weighted by Crippen LogP contribution is -1.91. The first kappa shape index (κ1) is 31.5. The van der Waals surface area contributed by atoms with Gasteiger partial charge in [-0.05, 0) is 124 Å². The molecule has 0 aliphatic heterocycles. The summed E-state index contributed by atoms with van der Waals surface area (Å²) in [7, 11) is 0. The van der Waals surface area contributed by atoms with Crippen molar-refractivity contribution in [3.8, 4) is 33.4 Å². The Kier molecular flexibility index (Phi) is 6.47. The van der Waals surface area contributed by atoms with Gasteiger partial charge in [-0.3, -0.25) is 0 Å². The third-order valence-electron chi connectivity index (χ3n) is 12.4. The smallest absolute Gasteiger partial charge is 0.139 e. The van der Waals surface area contributed by atoms with Gasteiger partial charge in [0.25, 0.3) is 0 Å². The van der Waals surface area contributed by atoms with Gasteiger partial charge in [0.15, 0.2) is 0 Å². The molecule has 2 heterocycles. The fourth-order valence-corrected chi connectivity index (χ4v) is 9.75. The third kappa shape index (κ3) is 4.54. The van der Waals surface area contributed by atoms with Crippen molar-refractivity contribution >= 4 is 97.7 Å². The average Bonchev–Trinajstić information content (AvgIpc) is 3.84. The Morgan fingerprint density at radius 1 is 0.241 bits per heavy atom. The van der Waals surface area contributed by atoms with E-state index in [1.807, 2.05) is 0 Å². The molecule has 0 N–H and O–H groups in total. The van der Waals surface area contributed by atoms with Gasteiger partial charge in [0.1, 0.15) is 22.3 Å². The zero-order valence-electron chi connectivity index (χ0n) is 31.3. The Morgan fingerprint density at radius 2 is 0.741 bits per heavy atom. The Bertz CT molecular complexity index is 3800. The molecule has 0 spiro atoms. The van der Waals surface area contributed by atoms with Gasteiger partial charge in [-0.25, -0.2) is 0 Å². The van der Waals surface area contributed by atoms with Crippen LogP contribution in [0.5, 0.6) is 0 Å². The molecule has 2 nitrogen and oxygen atoms in total. The second-order valence-electron chi connectivity index (χ2n) is 15.6. The number of furan rings is 2. The highest BCUT2D eigenvalue weighted by Crippen LogP contribution is 2.46. The number of fused-ring (bicyclic) bond motifs is 12. The lowest BCUT2D eigenvalue weighted by molar-refractivity contribution is 0.656. The summed E-state index contributed by atoms with van der Waals surface area (Å²) in [5, 5.41) is 16.8. The van der Waals surface area contributed by atoms with E-state index in [2.05, 4.69) is 194 Å². The predicted molar refractivity (Wildman–Crippen MR) is 245 cm³/mol. The molecule has 58 heavy (non-hydrogen) atoms. The van der Waals surface area contributed by atoms with Crippen LogP contribution in [0, 0.1) is 0 Å². The maximum absolute atomic E-state index is 6.41. The maximum Gasteiger partial charge on any atom is 0.139 e. The van der Waals surface area contributed by atoms with E-state index >= 15 is 0 Å². The first-order valence-corrected chi connectivity index (χ1v) is 19.9. The second kappa shape index (κ2) is 11.9. The highest BCUT2D eigenvalue weighted by molar-refractivity contribution is 6.25. The van der Waals surface area contributed by atoms with E-state index in [9.17, 15) is 0 Å². The number of rotatable bonds is 3. The first-order chi connectivity index (χ1) is 28.7. The average molecular weight is 737 g/mol. The van der Waals surface area contributed by atoms with Gasteiger partial charge in [0.2, 0.25) is 0 Å². The molecule has 2 heteroatoms. The molecule has 0 bridgehead atoms. The van der Waals surface area contributed by atoms with Crippen molar-refractivity contribution in [1.82, 2.24) is 0 Å². The molecule has 0 fully saturated rings. The van der Waals surface area contributed by atoms with Crippen molar-refractivity contribution < 1.29 is 8.83 Å². The van der Waals surface area contributed by atoms with Crippen LogP contribution in [0.2, 0.25) is 0 Å². The van der Waals surface area contributed by atoms with E-state index in [1.54, 1.807) is 0 Å². The van der Waals surface area contributed by atoms with Crippen molar-refractivity contribution in [2.24, 2.45) is 0 Å². The maximum atomic E-state index is 6.41. The lowest BCUT2D eigenvalue weighted by Gasteiger charge is -2.19. The minimum atomic E-state index is 0.833. The molecule has 0 aliphatic carbocycles.